The van der Waals surface area contributed by atoms with Gasteiger partial charge in [0.1, 0.15) is 0 Å². The summed E-state index contributed by atoms with van der Waals surface area (Å²) >= 11 is 0. The Hall–Kier alpha value is -1.80. The number of aromatic nitrogens is 4. The van der Waals surface area contributed by atoms with Gasteiger partial charge in [0.2, 0.25) is 15.0 Å². The summed E-state index contributed by atoms with van der Waals surface area (Å²) in [5.41, 5.74) is 2.66. The van der Waals surface area contributed by atoms with Crippen molar-refractivity contribution >= 4 is 9.84 Å². The molecule has 0 N–H and O–H groups in total. The largest absolute Gasteiger partial charge is 0.379 e. The second-order valence-electron chi connectivity index (χ2n) is 6.96. The van der Waals surface area contributed by atoms with Gasteiger partial charge in [-0.1, -0.05) is 0 Å². The van der Waals surface area contributed by atoms with E-state index in [4.69, 9.17) is 4.74 Å². The smallest absolute Gasteiger partial charge is 0.247 e. The Morgan fingerprint density at radius 2 is 2.16 bits per heavy atom. The zero-order chi connectivity index (χ0) is 17.4. The first-order valence-electron chi connectivity index (χ1n) is 8.70. The molecule has 4 rings (SSSR count). The van der Waals surface area contributed by atoms with Crippen LogP contribution in [0, 0.1) is 5.92 Å². The highest BCUT2D eigenvalue weighted by Gasteiger charge is 2.29. The molecule has 0 aromatic carbocycles. The Morgan fingerprint density at radius 1 is 1.32 bits per heavy atom. The lowest BCUT2D eigenvalue weighted by Crippen LogP contribution is -2.24. The van der Waals surface area contributed by atoms with Crippen molar-refractivity contribution in [3.05, 3.63) is 24.2 Å². The molecule has 1 saturated heterocycles. The number of sulfone groups is 1. The molecule has 134 valence electrons. The van der Waals surface area contributed by atoms with Gasteiger partial charge in [-0.2, -0.15) is 5.10 Å². The van der Waals surface area contributed by atoms with E-state index in [0.29, 0.717) is 18.2 Å². The minimum atomic E-state index is -3.44. The predicted octanol–water partition coefficient (Wildman–Crippen LogP) is 2.05. The highest BCUT2D eigenvalue weighted by Crippen LogP contribution is 2.37. The van der Waals surface area contributed by atoms with Crippen LogP contribution in [0.2, 0.25) is 0 Å². The third kappa shape index (κ3) is 3.59. The van der Waals surface area contributed by atoms with Gasteiger partial charge in [0, 0.05) is 30.3 Å². The van der Waals surface area contributed by atoms with Gasteiger partial charge in [-0.05, 0) is 44.1 Å². The van der Waals surface area contributed by atoms with Gasteiger partial charge in [0.15, 0.2) is 0 Å². The van der Waals surface area contributed by atoms with Gasteiger partial charge in [0.25, 0.3) is 0 Å². The highest BCUT2D eigenvalue weighted by atomic mass is 32.2. The standard InChI is InChI=1S/C17H22N4O3S/c1-25(22,23)17-18-7-6-15(20-17)14-10-19-21(13-3-2-8-24-11-13)16(14)9-12-4-5-12/h6-7,10,12-13H,2-5,8-9,11H2,1H3. The summed E-state index contributed by atoms with van der Waals surface area (Å²) < 4.78 is 31.3. The van der Waals surface area contributed by atoms with E-state index in [9.17, 15) is 8.42 Å². The normalized spacial score (nSPS) is 21.4. The van der Waals surface area contributed by atoms with Crippen LogP contribution in [0.5, 0.6) is 0 Å². The van der Waals surface area contributed by atoms with Crippen LogP contribution in [0.15, 0.2) is 23.6 Å². The number of rotatable bonds is 5. The molecule has 2 aliphatic rings. The molecule has 0 radical (unpaired) electrons. The lowest BCUT2D eigenvalue weighted by atomic mass is 10.1. The summed E-state index contributed by atoms with van der Waals surface area (Å²) in [5, 5.41) is 4.47. The summed E-state index contributed by atoms with van der Waals surface area (Å²) in [6.45, 7) is 1.49. The molecule has 1 aliphatic heterocycles. The second kappa shape index (κ2) is 6.49. The van der Waals surface area contributed by atoms with Gasteiger partial charge < -0.3 is 4.74 Å². The summed E-state index contributed by atoms with van der Waals surface area (Å²) in [5.74, 6) is 0.690. The third-order valence-corrected chi connectivity index (χ3v) is 5.66. The van der Waals surface area contributed by atoms with E-state index in [1.807, 2.05) is 0 Å². The fraction of sp³-hybridized carbons (Fsp3) is 0.588. The molecule has 1 aliphatic carbocycles. The number of hydrogen-bond donors (Lipinski definition) is 0. The maximum Gasteiger partial charge on any atom is 0.247 e. The van der Waals surface area contributed by atoms with Crippen molar-refractivity contribution in [2.24, 2.45) is 5.92 Å². The van der Waals surface area contributed by atoms with Crippen molar-refractivity contribution in [2.45, 2.75) is 43.3 Å². The van der Waals surface area contributed by atoms with Crippen molar-refractivity contribution in [3.8, 4) is 11.3 Å². The Balaban J connectivity index is 1.75. The Kier molecular flexibility index (Phi) is 4.33. The van der Waals surface area contributed by atoms with Crippen LogP contribution in [0.25, 0.3) is 11.3 Å². The monoisotopic (exact) mass is 362 g/mol. The van der Waals surface area contributed by atoms with E-state index < -0.39 is 9.84 Å². The molecule has 8 heteroatoms. The topological polar surface area (TPSA) is 87.0 Å². The highest BCUT2D eigenvalue weighted by molar-refractivity contribution is 7.90. The van der Waals surface area contributed by atoms with E-state index in [1.165, 1.54) is 19.0 Å². The zero-order valence-corrected chi connectivity index (χ0v) is 15.1. The van der Waals surface area contributed by atoms with Crippen molar-refractivity contribution in [2.75, 3.05) is 19.5 Å². The molecule has 7 nitrogen and oxygen atoms in total. The molecule has 0 spiro atoms. The predicted molar refractivity (Wildman–Crippen MR) is 91.9 cm³/mol. The van der Waals surface area contributed by atoms with Crippen molar-refractivity contribution in [1.82, 2.24) is 19.7 Å². The molecule has 1 saturated carbocycles. The first-order valence-corrected chi connectivity index (χ1v) is 10.6. The zero-order valence-electron chi connectivity index (χ0n) is 14.3. The maximum absolute atomic E-state index is 11.8. The second-order valence-corrected chi connectivity index (χ2v) is 8.87. The molecule has 3 heterocycles. The molecule has 1 atom stereocenters. The Bertz CT molecular complexity index is 868. The van der Waals surface area contributed by atoms with E-state index in [2.05, 4.69) is 19.7 Å². The van der Waals surface area contributed by atoms with E-state index >= 15 is 0 Å². The van der Waals surface area contributed by atoms with Gasteiger partial charge >= 0.3 is 0 Å². The molecule has 2 aromatic heterocycles. The van der Waals surface area contributed by atoms with E-state index in [0.717, 1.165) is 43.4 Å². The molecule has 1 unspecified atom stereocenters. The third-order valence-electron chi connectivity index (χ3n) is 4.80. The number of nitrogens with zero attached hydrogens (tertiary/aromatic N) is 4. The van der Waals surface area contributed by atoms with Crippen LogP contribution in [0.1, 0.15) is 37.4 Å². The van der Waals surface area contributed by atoms with Gasteiger partial charge in [-0.3, -0.25) is 4.68 Å². The SMILES string of the molecule is CS(=O)(=O)c1nccc(-c2cnn(C3CCCOC3)c2CC2CC2)n1. The summed E-state index contributed by atoms with van der Waals surface area (Å²) in [6, 6.07) is 2.00. The summed E-state index contributed by atoms with van der Waals surface area (Å²) in [7, 11) is -3.44. The van der Waals surface area contributed by atoms with Gasteiger partial charge in [-0.15, -0.1) is 0 Å². The average molecular weight is 362 g/mol. The van der Waals surface area contributed by atoms with Gasteiger partial charge in [-0.25, -0.2) is 18.4 Å². The molecule has 0 amide bonds. The lowest BCUT2D eigenvalue weighted by molar-refractivity contribution is 0.0538. The number of hydrogen-bond acceptors (Lipinski definition) is 6. The molecule has 0 bridgehead atoms. The van der Waals surface area contributed by atoms with Crippen LogP contribution in [0.4, 0.5) is 0 Å². The van der Waals surface area contributed by atoms with E-state index in [-0.39, 0.29) is 11.2 Å². The Labute approximate surface area is 147 Å². The maximum atomic E-state index is 11.8. The van der Waals surface area contributed by atoms with Crippen LogP contribution in [-0.4, -0.2) is 47.6 Å². The molecule has 2 fully saturated rings. The lowest BCUT2D eigenvalue weighted by Gasteiger charge is -2.24. The van der Waals surface area contributed by atoms with Crippen LogP contribution >= 0.6 is 0 Å². The first-order chi connectivity index (χ1) is 12.0. The number of ether oxygens (including phenoxy) is 1. The summed E-state index contributed by atoms with van der Waals surface area (Å²) in [6.07, 6.45) is 9.95. The van der Waals surface area contributed by atoms with Crippen LogP contribution in [0.3, 0.4) is 0 Å². The minimum Gasteiger partial charge on any atom is -0.379 e. The van der Waals surface area contributed by atoms with Crippen molar-refractivity contribution in [1.29, 1.82) is 0 Å². The average Bonchev–Trinajstić information content (AvgIpc) is 3.32. The minimum absolute atomic E-state index is 0.142. The van der Waals surface area contributed by atoms with E-state index in [1.54, 1.807) is 12.3 Å². The van der Waals surface area contributed by atoms with Crippen LogP contribution in [-0.2, 0) is 21.0 Å². The molecule has 2 aromatic rings. The fourth-order valence-corrected chi connectivity index (χ4v) is 3.82. The van der Waals surface area contributed by atoms with Gasteiger partial charge in [0.05, 0.1) is 24.5 Å². The van der Waals surface area contributed by atoms with Crippen molar-refractivity contribution < 1.29 is 13.2 Å². The first kappa shape index (κ1) is 16.7. The quantitative estimate of drug-likeness (QED) is 0.757. The summed E-state index contributed by atoms with van der Waals surface area (Å²) in [4.78, 5) is 8.17. The van der Waals surface area contributed by atoms with Crippen molar-refractivity contribution in [3.63, 3.8) is 0 Å². The fourth-order valence-electron chi connectivity index (χ4n) is 3.30. The Morgan fingerprint density at radius 3 is 2.84 bits per heavy atom. The molecular weight excluding hydrogens is 340 g/mol. The molecular formula is C17H22N4O3S. The molecule has 25 heavy (non-hydrogen) atoms. The van der Waals surface area contributed by atoms with Crippen LogP contribution < -0.4 is 0 Å².